The molecule has 0 unspecified atom stereocenters. The highest BCUT2D eigenvalue weighted by molar-refractivity contribution is 5.96. The summed E-state index contributed by atoms with van der Waals surface area (Å²) < 4.78 is 6.05. The van der Waals surface area contributed by atoms with Crippen LogP contribution in [0.3, 0.4) is 0 Å². The molecule has 0 atom stereocenters. The summed E-state index contributed by atoms with van der Waals surface area (Å²) in [7, 11) is 0. The Labute approximate surface area is 185 Å². The zero-order valence-electron chi connectivity index (χ0n) is 17.7. The normalized spacial score (nSPS) is 13.8. The van der Waals surface area contributed by atoms with Gasteiger partial charge in [0.1, 0.15) is 5.75 Å². The van der Waals surface area contributed by atoms with Gasteiger partial charge in [-0.2, -0.15) is 0 Å². The molecule has 1 heterocycles. The second-order valence-electron chi connectivity index (χ2n) is 7.52. The highest BCUT2D eigenvalue weighted by Gasteiger charge is 2.26. The van der Waals surface area contributed by atoms with Crippen LogP contribution >= 0.6 is 0 Å². The number of allylic oxidation sites excluding steroid dienone is 3. The molecule has 4 amide bonds. The maximum atomic E-state index is 13.0. The lowest BCUT2D eigenvalue weighted by molar-refractivity contribution is -0.122. The van der Waals surface area contributed by atoms with Gasteiger partial charge in [0.15, 0.2) is 5.75 Å². The second kappa shape index (κ2) is 9.38. The van der Waals surface area contributed by atoms with Crippen molar-refractivity contribution in [2.24, 2.45) is 0 Å². The molecule has 2 aromatic rings. The molecular formula is C24H24N4O4. The molecule has 164 valence electrons. The van der Waals surface area contributed by atoms with Gasteiger partial charge in [-0.3, -0.25) is 19.9 Å². The highest BCUT2D eigenvalue weighted by atomic mass is 16.5. The summed E-state index contributed by atoms with van der Waals surface area (Å²) in [5.74, 6) is 0.645. The van der Waals surface area contributed by atoms with Crippen molar-refractivity contribution in [2.45, 2.75) is 26.3 Å². The number of para-hydroxylation sites is 2. The number of carbonyl (C=O) groups is 3. The third kappa shape index (κ3) is 4.64. The number of urea groups is 1. The Bertz CT molecular complexity index is 1120. The van der Waals surface area contributed by atoms with Gasteiger partial charge in [0.2, 0.25) is 11.8 Å². The summed E-state index contributed by atoms with van der Waals surface area (Å²) in [6.45, 7) is 2.42. The molecule has 3 N–H and O–H groups in total. The molecule has 8 nitrogen and oxygen atoms in total. The van der Waals surface area contributed by atoms with Crippen molar-refractivity contribution in [3.05, 3.63) is 77.4 Å². The lowest BCUT2D eigenvalue weighted by Gasteiger charge is -2.23. The van der Waals surface area contributed by atoms with E-state index in [2.05, 4.69) is 16.2 Å². The molecule has 0 radical (unpaired) electrons. The number of amides is 4. The van der Waals surface area contributed by atoms with E-state index in [4.69, 9.17) is 4.74 Å². The maximum Gasteiger partial charge on any atom is 0.341 e. The largest absolute Gasteiger partial charge is 0.455 e. The Hall–Kier alpha value is -4.07. The van der Waals surface area contributed by atoms with Gasteiger partial charge in [0, 0.05) is 24.1 Å². The minimum Gasteiger partial charge on any atom is -0.455 e. The van der Waals surface area contributed by atoms with Crippen LogP contribution in [0.25, 0.3) is 0 Å². The standard InChI is InChI=1S/C24H24N4O4/c1-16-7-6-12-20-18(16)15-28(19-10-4-5-11-21(19)32-20)24(31)27-26-22(29)13-14-25-23(30)17-8-2-3-9-17/h2-8,10-12H,9,13-15H2,1H3,(H,25,30)(H,26,29)(H,27,31). The van der Waals surface area contributed by atoms with E-state index >= 15 is 0 Å². The van der Waals surface area contributed by atoms with Gasteiger partial charge in [-0.1, -0.05) is 42.5 Å². The van der Waals surface area contributed by atoms with Gasteiger partial charge in [-0.05, 0) is 37.1 Å². The summed E-state index contributed by atoms with van der Waals surface area (Å²) in [6.07, 6.45) is 6.09. The number of rotatable bonds is 4. The minimum atomic E-state index is -0.489. The average Bonchev–Trinajstić information content (AvgIpc) is 3.27. The Balaban J connectivity index is 1.36. The molecule has 0 spiro atoms. The number of fused-ring (bicyclic) bond motifs is 2. The summed E-state index contributed by atoms with van der Waals surface area (Å²) >= 11 is 0. The van der Waals surface area contributed by atoms with Gasteiger partial charge in [-0.15, -0.1) is 0 Å². The van der Waals surface area contributed by atoms with Gasteiger partial charge in [0.05, 0.1) is 12.2 Å². The van der Waals surface area contributed by atoms with Crippen molar-refractivity contribution in [2.75, 3.05) is 11.4 Å². The fourth-order valence-electron chi connectivity index (χ4n) is 3.55. The third-order valence-electron chi connectivity index (χ3n) is 5.31. The van der Waals surface area contributed by atoms with Crippen LogP contribution in [0.4, 0.5) is 10.5 Å². The first-order valence-corrected chi connectivity index (χ1v) is 10.4. The molecule has 0 fully saturated rings. The molecule has 2 aliphatic rings. The lowest BCUT2D eigenvalue weighted by atomic mass is 10.1. The van der Waals surface area contributed by atoms with E-state index in [9.17, 15) is 14.4 Å². The Morgan fingerprint density at radius 3 is 2.66 bits per heavy atom. The number of hydrazine groups is 1. The van der Waals surface area contributed by atoms with Crippen LogP contribution in [0.15, 0.2) is 66.3 Å². The monoisotopic (exact) mass is 432 g/mol. The van der Waals surface area contributed by atoms with Crippen molar-refractivity contribution in [1.29, 1.82) is 0 Å². The van der Waals surface area contributed by atoms with Crippen molar-refractivity contribution >= 4 is 23.5 Å². The number of aryl methyl sites for hydroxylation is 1. The van der Waals surface area contributed by atoms with Crippen molar-refractivity contribution in [3.63, 3.8) is 0 Å². The maximum absolute atomic E-state index is 13.0. The van der Waals surface area contributed by atoms with Gasteiger partial charge < -0.3 is 10.1 Å². The average molecular weight is 432 g/mol. The van der Waals surface area contributed by atoms with Gasteiger partial charge >= 0.3 is 6.03 Å². The zero-order valence-corrected chi connectivity index (χ0v) is 17.7. The summed E-state index contributed by atoms with van der Waals surface area (Å²) in [4.78, 5) is 38.6. The fraction of sp³-hybridized carbons (Fsp3) is 0.208. The van der Waals surface area contributed by atoms with E-state index in [0.717, 1.165) is 11.1 Å². The van der Waals surface area contributed by atoms with Crippen LogP contribution < -0.4 is 25.8 Å². The number of carbonyl (C=O) groups excluding carboxylic acids is 3. The molecule has 2 aromatic carbocycles. The van der Waals surface area contributed by atoms with Crippen molar-refractivity contribution < 1.29 is 19.1 Å². The quantitative estimate of drug-likeness (QED) is 0.646. The number of nitrogens with zero attached hydrogens (tertiary/aromatic N) is 1. The third-order valence-corrected chi connectivity index (χ3v) is 5.31. The van der Waals surface area contributed by atoms with Crippen LogP contribution in [-0.4, -0.2) is 24.4 Å². The van der Waals surface area contributed by atoms with Crippen LogP contribution in [0, 0.1) is 6.92 Å². The molecule has 0 saturated carbocycles. The zero-order chi connectivity index (χ0) is 22.5. The van der Waals surface area contributed by atoms with E-state index in [1.807, 2.05) is 49.4 Å². The number of ether oxygens (including phenoxy) is 1. The first-order chi connectivity index (χ1) is 15.5. The molecule has 1 aliphatic carbocycles. The molecule has 4 rings (SSSR count). The first kappa shape index (κ1) is 21.2. The number of anilines is 1. The predicted molar refractivity (Wildman–Crippen MR) is 120 cm³/mol. The van der Waals surface area contributed by atoms with E-state index in [1.165, 1.54) is 4.90 Å². The minimum absolute atomic E-state index is 0.0361. The lowest BCUT2D eigenvalue weighted by Crippen LogP contribution is -2.49. The van der Waals surface area contributed by atoms with Crippen molar-refractivity contribution in [3.8, 4) is 11.5 Å². The van der Waals surface area contributed by atoms with E-state index in [1.54, 1.807) is 18.2 Å². The van der Waals surface area contributed by atoms with E-state index in [0.29, 0.717) is 35.7 Å². The number of benzene rings is 2. The van der Waals surface area contributed by atoms with Gasteiger partial charge in [-0.25, -0.2) is 10.2 Å². The van der Waals surface area contributed by atoms with Crippen LogP contribution in [0.2, 0.25) is 0 Å². The Morgan fingerprint density at radius 1 is 1.03 bits per heavy atom. The Morgan fingerprint density at radius 2 is 1.84 bits per heavy atom. The topological polar surface area (TPSA) is 99.8 Å². The number of nitrogens with one attached hydrogen (secondary N) is 3. The molecule has 8 heteroatoms. The van der Waals surface area contributed by atoms with Crippen molar-refractivity contribution in [1.82, 2.24) is 16.2 Å². The van der Waals surface area contributed by atoms with Crippen LogP contribution in [-0.2, 0) is 16.1 Å². The Kier molecular flexibility index (Phi) is 6.21. The highest BCUT2D eigenvalue weighted by Crippen LogP contribution is 2.39. The molecule has 0 saturated heterocycles. The van der Waals surface area contributed by atoms with Crippen LogP contribution in [0.1, 0.15) is 24.0 Å². The molecule has 32 heavy (non-hydrogen) atoms. The van der Waals surface area contributed by atoms with E-state index < -0.39 is 11.9 Å². The number of hydrogen-bond acceptors (Lipinski definition) is 4. The smallest absolute Gasteiger partial charge is 0.341 e. The summed E-state index contributed by atoms with van der Waals surface area (Å²) in [5.41, 5.74) is 8.03. The van der Waals surface area contributed by atoms with E-state index in [-0.39, 0.29) is 18.9 Å². The number of hydrogen-bond donors (Lipinski definition) is 3. The van der Waals surface area contributed by atoms with Crippen LogP contribution in [0.5, 0.6) is 11.5 Å². The SMILES string of the molecule is Cc1cccc2c1CN(C(=O)NNC(=O)CCNC(=O)C1=CC=CC1)c1ccccc1O2. The molecular weight excluding hydrogens is 408 g/mol. The second-order valence-corrected chi connectivity index (χ2v) is 7.52. The molecule has 1 aliphatic heterocycles. The fourth-order valence-corrected chi connectivity index (χ4v) is 3.55. The molecule has 0 bridgehead atoms. The van der Waals surface area contributed by atoms with Gasteiger partial charge in [0.25, 0.3) is 0 Å². The first-order valence-electron chi connectivity index (χ1n) is 10.4. The summed E-state index contributed by atoms with van der Waals surface area (Å²) in [5, 5.41) is 2.70. The predicted octanol–water partition coefficient (Wildman–Crippen LogP) is 3.24. The summed E-state index contributed by atoms with van der Waals surface area (Å²) in [6, 6.07) is 12.5. The molecule has 0 aromatic heterocycles.